The molecule has 150 valence electrons. The van der Waals surface area contributed by atoms with Crippen molar-refractivity contribution in [2.24, 2.45) is 5.92 Å². The Balaban J connectivity index is 1.59. The molecule has 0 aromatic heterocycles. The van der Waals surface area contributed by atoms with Crippen LogP contribution in [0.25, 0.3) is 0 Å². The van der Waals surface area contributed by atoms with Gasteiger partial charge in [-0.15, -0.1) is 0 Å². The topological polar surface area (TPSA) is 71.0 Å². The van der Waals surface area contributed by atoms with Gasteiger partial charge < -0.3 is 24.8 Å². The number of piperidine rings is 1. The van der Waals surface area contributed by atoms with Crippen molar-refractivity contribution in [3.63, 3.8) is 0 Å². The Hall–Kier alpha value is -1.86. The second kappa shape index (κ2) is 9.37. The fraction of sp³-hybridized carbons (Fsp3) is 0.650. The van der Waals surface area contributed by atoms with E-state index in [0.29, 0.717) is 32.7 Å². The van der Waals surface area contributed by atoms with Crippen molar-refractivity contribution in [1.29, 1.82) is 0 Å². The highest BCUT2D eigenvalue weighted by atomic mass is 19.1. The molecule has 2 N–H and O–H groups in total. The van der Waals surface area contributed by atoms with Gasteiger partial charge in [-0.25, -0.2) is 4.39 Å². The summed E-state index contributed by atoms with van der Waals surface area (Å²) in [4.78, 5) is 14.9. The fourth-order valence-electron chi connectivity index (χ4n) is 3.59. The standard InChI is InChI=1S/C20H29FN2O4/c1-2-3-8-23-9-7-14(17(24)13-23)12-22-20(25)15-5-6-16(21)19-18(15)26-10-4-11-27-19/h5-6,14,17,24H,2-4,7-13H2,1H3,(H,22,25)/t14-,17+/m0/s1. The summed E-state index contributed by atoms with van der Waals surface area (Å²) in [6, 6.07) is 2.64. The van der Waals surface area contributed by atoms with Crippen molar-refractivity contribution >= 4 is 5.91 Å². The summed E-state index contributed by atoms with van der Waals surface area (Å²) in [5.41, 5.74) is 0.267. The largest absolute Gasteiger partial charge is 0.489 e. The van der Waals surface area contributed by atoms with Crippen LogP contribution in [0.2, 0.25) is 0 Å². The van der Waals surface area contributed by atoms with Gasteiger partial charge in [0.2, 0.25) is 0 Å². The number of hydrogen-bond donors (Lipinski definition) is 2. The lowest BCUT2D eigenvalue weighted by Crippen LogP contribution is -2.47. The van der Waals surface area contributed by atoms with Crippen molar-refractivity contribution in [1.82, 2.24) is 10.2 Å². The predicted molar refractivity (Wildman–Crippen MR) is 99.8 cm³/mol. The van der Waals surface area contributed by atoms with Crippen LogP contribution in [-0.4, -0.2) is 61.4 Å². The van der Waals surface area contributed by atoms with Gasteiger partial charge in [0.05, 0.1) is 24.9 Å². The highest BCUT2D eigenvalue weighted by Crippen LogP contribution is 2.36. The number of carbonyl (C=O) groups is 1. The number of nitrogens with zero attached hydrogens (tertiary/aromatic N) is 1. The lowest BCUT2D eigenvalue weighted by atomic mass is 9.93. The Morgan fingerprint density at radius 2 is 2.11 bits per heavy atom. The maximum atomic E-state index is 14.0. The molecule has 1 fully saturated rings. The Bertz CT molecular complexity index is 655. The number of unbranched alkanes of at least 4 members (excludes halogenated alkanes) is 1. The van der Waals surface area contributed by atoms with Crippen LogP contribution in [0.3, 0.4) is 0 Å². The third kappa shape index (κ3) is 4.90. The Labute approximate surface area is 159 Å². The number of aliphatic hydroxyl groups is 1. The molecule has 0 saturated carbocycles. The summed E-state index contributed by atoms with van der Waals surface area (Å²) in [7, 11) is 0. The molecule has 0 aliphatic carbocycles. The molecule has 1 aromatic rings. The minimum Gasteiger partial charge on any atom is -0.489 e. The van der Waals surface area contributed by atoms with E-state index in [4.69, 9.17) is 9.47 Å². The van der Waals surface area contributed by atoms with Crippen molar-refractivity contribution in [3.05, 3.63) is 23.5 Å². The Morgan fingerprint density at radius 1 is 1.33 bits per heavy atom. The predicted octanol–water partition coefficient (Wildman–Crippen LogP) is 2.20. The first-order valence-corrected chi connectivity index (χ1v) is 9.87. The third-order valence-electron chi connectivity index (χ3n) is 5.25. The average molecular weight is 380 g/mol. The van der Waals surface area contributed by atoms with Gasteiger partial charge in [-0.3, -0.25) is 4.79 Å². The van der Waals surface area contributed by atoms with E-state index in [2.05, 4.69) is 17.1 Å². The van der Waals surface area contributed by atoms with E-state index in [1.807, 2.05) is 0 Å². The molecule has 2 heterocycles. The molecule has 1 amide bonds. The summed E-state index contributed by atoms with van der Waals surface area (Å²) in [6.45, 7) is 5.86. The molecule has 2 atom stereocenters. The van der Waals surface area contributed by atoms with Crippen LogP contribution in [0.15, 0.2) is 12.1 Å². The first-order valence-electron chi connectivity index (χ1n) is 9.87. The summed E-state index contributed by atoms with van der Waals surface area (Å²) in [6.07, 6.45) is 3.29. The van der Waals surface area contributed by atoms with E-state index in [0.717, 1.165) is 32.4 Å². The number of aliphatic hydroxyl groups excluding tert-OH is 1. The maximum Gasteiger partial charge on any atom is 0.255 e. The van der Waals surface area contributed by atoms with E-state index in [1.165, 1.54) is 12.1 Å². The molecule has 1 aromatic carbocycles. The first-order chi connectivity index (χ1) is 13.1. The van der Waals surface area contributed by atoms with E-state index < -0.39 is 11.9 Å². The molecule has 3 rings (SSSR count). The number of halogens is 1. The van der Waals surface area contributed by atoms with E-state index in [1.54, 1.807) is 0 Å². The molecule has 6 nitrogen and oxygen atoms in total. The molecule has 7 heteroatoms. The van der Waals surface area contributed by atoms with Crippen LogP contribution in [0, 0.1) is 11.7 Å². The zero-order chi connectivity index (χ0) is 19.2. The summed E-state index contributed by atoms with van der Waals surface area (Å²) in [5, 5.41) is 13.3. The Morgan fingerprint density at radius 3 is 2.85 bits per heavy atom. The van der Waals surface area contributed by atoms with Crippen LogP contribution in [0.4, 0.5) is 4.39 Å². The molecule has 0 spiro atoms. The van der Waals surface area contributed by atoms with Crippen LogP contribution in [-0.2, 0) is 0 Å². The second-order valence-corrected chi connectivity index (χ2v) is 7.28. The molecule has 1 saturated heterocycles. The number of hydrogen-bond acceptors (Lipinski definition) is 5. The SMILES string of the molecule is CCCCN1CC[C@@H](CNC(=O)c2ccc(F)c3c2OCCCO3)[C@H](O)C1. The highest BCUT2D eigenvalue weighted by Gasteiger charge is 2.29. The number of β-amino-alcohol motifs (C(OH)–C–C–N with tert-alkyl or cyclic N) is 1. The van der Waals surface area contributed by atoms with Gasteiger partial charge in [0.25, 0.3) is 5.91 Å². The molecule has 2 aliphatic rings. The highest BCUT2D eigenvalue weighted by molar-refractivity contribution is 5.97. The van der Waals surface area contributed by atoms with Gasteiger partial charge in [-0.1, -0.05) is 13.3 Å². The third-order valence-corrected chi connectivity index (χ3v) is 5.25. The van der Waals surface area contributed by atoms with Crippen molar-refractivity contribution in [3.8, 4) is 11.5 Å². The minimum absolute atomic E-state index is 0.00409. The monoisotopic (exact) mass is 380 g/mol. The second-order valence-electron chi connectivity index (χ2n) is 7.28. The number of likely N-dealkylation sites (tertiary alicyclic amines) is 1. The normalized spacial score (nSPS) is 22.9. The van der Waals surface area contributed by atoms with Gasteiger partial charge in [0.15, 0.2) is 17.3 Å². The summed E-state index contributed by atoms with van der Waals surface area (Å²) in [5.74, 6) is -0.678. The molecular formula is C20H29FN2O4. The van der Waals surface area contributed by atoms with Crippen LogP contribution < -0.4 is 14.8 Å². The van der Waals surface area contributed by atoms with E-state index in [-0.39, 0.29) is 28.9 Å². The zero-order valence-electron chi connectivity index (χ0n) is 15.9. The fourth-order valence-corrected chi connectivity index (χ4v) is 3.59. The summed E-state index contributed by atoms with van der Waals surface area (Å²) >= 11 is 0. The van der Waals surface area contributed by atoms with Gasteiger partial charge in [0, 0.05) is 25.4 Å². The number of benzene rings is 1. The zero-order valence-corrected chi connectivity index (χ0v) is 15.9. The van der Waals surface area contributed by atoms with E-state index in [9.17, 15) is 14.3 Å². The van der Waals surface area contributed by atoms with Gasteiger partial charge in [-0.2, -0.15) is 0 Å². The quantitative estimate of drug-likeness (QED) is 0.792. The van der Waals surface area contributed by atoms with Gasteiger partial charge >= 0.3 is 0 Å². The lowest BCUT2D eigenvalue weighted by molar-refractivity contribution is 0.0217. The van der Waals surface area contributed by atoms with Crippen molar-refractivity contribution < 1.29 is 23.8 Å². The average Bonchev–Trinajstić information content (AvgIpc) is 2.92. The number of ether oxygens (including phenoxy) is 2. The maximum absolute atomic E-state index is 14.0. The van der Waals surface area contributed by atoms with Crippen LogP contribution in [0.1, 0.15) is 43.0 Å². The molecule has 0 radical (unpaired) electrons. The molecule has 0 bridgehead atoms. The van der Waals surface area contributed by atoms with Crippen molar-refractivity contribution in [2.75, 3.05) is 39.4 Å². The van der Waals surface area contributed by atoms with Gasteiger partial charge in [-0.05, 0) is 38.1 Å². The van der Waals surface area contributed by atoms with Crippen molar-refractivity contribution in [2.45, 2.75) is 38.7 Å². The molecule has 27 heavy (non-hydrogen) atoms. The Kier molecular flexibility index (Phi) is 6.90. The van der Waals surface area contributed by atoms with Crippen LogP contribution >= 0.6 is 0 Å². The molecule has 2 aliphatic heterocycles. The summed E-state index contributed by atoms with van der Waals surface area (Å²) < 4.78 is 24.9. The first kappa shape index (κ1) is 19.9. The smallest absolute Gasteiger partial charge is 0.255 e. The minimum atomic E-state index is -0.529. The molecular weight excluding hydrogens is 351 g/mol. The number of nitrogens with one attached hydrogen (secondary N) is 1. The number of carbonyl (C=O) groups excluding carboxylic acids is 1. The number of fused-ring (bicyclic) bond motifs is 1. The van der Waals surface area contributed by atoms with Crippen LogP contribution in [0.5, 0.6) is 11.5 Å². The lowest BCUT2D eigenvalue weighted by Gasteiger charge is -2.36. The van der Waals surface area contributed by atoms with Gasteiger partial charge in [0.1, 0.15) is 0 Å². The molecule has 0 unspecified atom stereocenters. The number of rotatable bonds is 6. The number of amides is 1. The van der Waals surface area contributed by atoms with E-state index >= 15 is 0 Å².